The number of aliphatic hydroxyl groups is 2. The molecule has 0 radical (unpaired) electrons. The zero-order valence-corrected chi connectivity index (χ0v) is 5.12. The van der Waals surface area contributed by atoms with Crippen molar-refractivity contribution in [2.75, 3.05) is 13.1 Å². The number of nitrogens with one attached hydrogen (secondary N) is 1. The maximum atomic E-state index is 9.03. The summed E-state index contributed by atoms with van der Waals surface area (Å²) in [6.07, 6.45) is -1.46. The van der Waals surface area contributed by atoms with Crippen molar-refractivity contribution in [1.82, 2.24) is 5.32 Å². The summed E-state index contributed by atoms with van der Waals surface area (Å²) in [5.74, 6) is 0. The van der Waals surface area contributed by atoms with Gasteiger partial charge >= 0.3 is 0 Å². The van der Waals surface area contributed by atoms with E-state index in [0.717, 1.165) is 0 Å². The van der Waals surface area contributed by atoms with Gasteiger partial charge in [0.25, 0.3) is 0 Å². The quantitative estimate of drug-likeness (QED) is 0.297. The van der Waals surface area contributed by atoms with E-state index in [1.807, 2.05) is 0 Å². The van der Waals surface area contributed by atoms with E-state index in [2.05, 4.69) is 5.32 Å². The summed E-state index contributed by atoms with van der Waals surface area (Å²) < 4.78 is 0. The van der Waals surface area contributed by atoms with Gasteiger partial charge in [-0.3, -0.25) is 0 Å². The van der Waals surface area contributed by atoms with Crippen LogP contribution >= 0.6 is 0 Å². The summed E-state index contributed by atoms with van der Waals surface area (Å²) >= 11 is 0. The van der Waals surface area contributed by atoms with Gasteiger partial charge in [-0.15, -0.1) is 0 Å². The van der Waals surface area contributed by atoms with Crippen molar-refractivity contribution < 1.29 is 10.2 Å². The first-order chi connectivity index (χ1) is 4.22. The minimum atomic E-state index is -0.758. The first-order valence-corrected chi connectivity index (χ1v) is 3.04. The normalized spacial score (nSPS) is 45.0. The Balaban J connectivity index is 2.41. The van der Waals surface area contributed by atoms with Gasteiger partial charge in [-0.05, 0) is 0 Å². The smallest absolute Gasteiger partial charge is 0.0974 e. The minimum Gasteiger partial charge on any atom is -0.389 e. The van der Waals surface area contributed by atoms with Crippen molar-refractivity contribution in [3.05, 3.63) is 0 Å². The maximum absolute atomic E-state index is 9.03. The zero-order valence-electron chi connectivity index (χ0n) is 5.12. The summed E-state index contributed by atoms with van der Waals surface area (Å²) in [6.45, 7) is 1.02. The first-order valence-electron chi connectivity index (χ1n) is 3.04. The molecule has 4 heteroatoms. The summed E-state index contributed by atoms with van der Waals surface area (Å²) in [6, 6.07) is -0.325. The van der Waals surface area contributed by atoms with Crippen LogP contribution in [0, 0.1) is 0 Å². The van der Waals surface area contributed by atoms with Crippen LogP contribution < -0.4 is 11.1 Å². The third-order valence-electron chi connectivity index (χ3n) is 1.57. The van der Waals surface area contributed by atoms with Crippen LogP contribution in [0.25, 0.3) is 0 Å². The molecule has 54 valence electrons. The molecule has 5 N–H and O–H groups in total. The Hall–Kier alpha value is -0.160. The molecule has 4 nitrogen and oxygen atoms in total. The highest BCUT2D eigenvalue weighted by Crippen LogP contribution is 2.00. The van der Waals surface area contributed by atoms with Crippen molar-refractivity contribution in [1.29, 1.82) is 0 Å². The molecular formula is C5H12N2O2. The largest absolute Gasteiger partial charge is 0.389 e. The zero-order chi connectivity index (χ0) is 6.85. The molecule has 0 unspecified atom stereocenters. The van der Waals surface area contributed by atoms with E-state index in [-0.39, 0.29) is 6.04 Å². The van der Waals surface area contributed by atoms with Crippen LogP contribution in [0.5, 0.6) is 0 Å². The summed E-state index contributed by atoms with van der Waals surface area (Å²) in [4.78, 5) is 0. The summed E-state index contributed by atoms with van der Waals surface area (Å²) in [5.41, 5.74) is 5.40. The standard InChI is InChI=1S/C5H12N2O2/c6-3-1-7-2-4(8)5(3)9/h3-5,7-9H,1-2,6H2/t3-,4-,5+/m1/s1. The van der Waals surface area contributed by atoms with E-state index in [0.29, 0.717) is 13.1 Å². The fourth-order valence-corrected chi connectivity index (χ4v) is 0.925. The molecule has 0 aromatic heterocycles. The highest BCUT2D eigenvalue weighted by atomic mass is 16.3. The van der Waals surface area contributed by atoms with E-state index >= 15 is 0 Å². The van der Waals surface area contributed by atoms with Crippen LogP contribution in [0.3, 0.4) is 0 Å². The molecule has 1 heterocycles. The van der Waals surface area contributed by atoms with Gasteiger partial charge in [0.05, 0.1) is 12.2 Å². The Morgan fingerprint density at radius 3 is 2.44 bits per heavy atom. The van der Waals surface area contributed by atoms with Gasteiger partial charge in [0.1, 0.15) is 0 Å². The second-order valence-electron chi connectivity index (χ2n) is 2.38. The average Bonchev–Trinajstić information content (AvgIpc) is 1.83. The van der Waals surface area contributed by atoms with Gasteiger partial charge in [-0.25, -0.2) is 0 Å². The highest BCUT2D eigenvalue weighted by Gasteiger charge is 2.26. The van der Waals surface area contributed by atoms with Crippen molar-refractivity contribution >= 4 is 0 Å². The molecule has 0 saturated carbocycles. The van der Waals surface area contributed by atoms with Crippen molar-refractivity contribution in [2.24, 2.45) is 5.73 Å². The van der Waals surface area contributed by atoms with Gasteiger partial charge in [0.2, 0.25) is 0 Å². The number of aliphatic hydroxyl groups excluding tert-OH is 2. The van der Waals surface area contributed by atoms with Crippen LogP contribution in [0.15, 0.2) is 0 Å². The topological polar surface area (TPSA) is 78.5 Å². The molecule has 1 aliphatic rings. The Labute approximate surface area is 53.7 Å². The van der Waals surface area contributed by atoms with Gasteiger partial charge in [0.15, 0.2) is 0 Å². The molecular weight excluding hydrogens is 120 g/mol. The molecule has 0 bridgehead atoms. The van der Waals surface area contributed by atoms with E-state index in [4.69, 9.17) is 15.9 Å². The summed E-state index contributed by atoms with van der Waals surface area (Å²) in [7, 11) is 0. The molecule has 0 aromatic rings. The van der Waals surface area contributed by atoms with E-state index in [1.54, 1.807) is 0 Å². The second kappa shape index (κ2) is 2.62. The fraction of sp³-hybridized carbons (Fsp3) is 1.00. The molecule has 1 saturated heterocycles. The van der Waals surface area contributed by atoms with Crippen molar-refractivity contribution in [3.8, 4) is 0 Å². The molecule has 1 rings (SSSR count). The van der Waals surface area contributed by atoms with Crippen LogP contribution in [0.1, 0.15) is 0 Å². The lowest BCUT2D eigenvalue weighted by molar-refractivity contribution is -0.0113. The lowest BCUT2D eigenvalue weighted by Gasteiger charge is -2.29. The number of hydrogen-bond donors (Lipinski definition) is 4. The van der Waals surface area contributed by atoms with Crippen LogP contribution in [0.4, 0.5) is 0 Å². The molecule has 1 aliphatic heterocycles. The lowest BCUT2D eigenvalue weighted by atomic mass is 10.0. The summed E-state index contributed by atoms with van der Waals surface area (Å²) in [5, 5.41) is 20.9. The monoisotopic (exact) mass is 132 g/mol. The Kier molecular flexibility index (Phi) is 2.02. The van der Waals surface area contributed by atoms with Crippen LogP contribution in [-0.4, -0.2) is 41.6 Å². The van der Waals surface area contributed by atoms with E-state index in [1.165, 1.54) is 0 Å². The highest BCUT2D eigenvalue weighted by molar-refractivity contribution is 4.86. The predicted molar refractivity (Wildman–Crippen MR) is 32.9 cm³/mol. The molecule has 0 aromatic carbocycles. The van der Waals surface area contributed by atoms with Gasteiger partial charge in [0, 0.05) is 19.1 Å². The van der Waals surface area contributed by atoms with E-state index < -0.39 is 12.2 Å². The Morgan fingerprint density at radius 1 is 1.33 bits per heavy atom. The van der Waals surface area contributed by atoms with Crippen LogP contribution in [0.2, 0.25) is 0 Å². The minimum absolute atomic E-state index is 0.325. The van der Waals surface area contributed by atoms with Crippen molar-refractivity contribution in [3.63, 3.8) is 0 Å². The van der Waals surface area contributed by atoms with E-state index in [9.17, 15) is 0 Å². The molecule has 3 atom stereocenters. The first kappa shape index (κ1) is 6.95. The molecule has 9 heavy (non-hydrogen) atoms. The fourth-order valence-electron chi connectivity index (χ4n) is 0.925. The van der Waals surface area contributed by atoms with Gasteiger partial charge < -0.3 is 21.3 Å². The average molecular weight is 132 g/mol. The predicted octanol–water partition coefficient (Wildman–Crippen LogP) is -2.36. The van der Waals surface area contributed by atoms with Crippen molar-refractivity contribution in [2.45, 2.75) is 18.2 Å². The third kappa shape index (κ3) is 1.40. The number of hydrogen-bond acceptors (Lipinski definition) is 4. The third-order valence-corrected chi connectivity index (χ3v) is 1.57. The SMILES string of the molecule is N[C@@H]1CNC[C@@H](O)[C@H]1O. The van der Waals surface area contributed by atoms with Crippen LogP contribution in [-0.2, 0) is 0 Å². The Bertz CT molecular complexity index is 89.0. The molecule has 0 aliphatic carbocycles. The number of rotatable bonds is 0. The second-order valence-corrected chi connectivity index (χ2v) is 2.38. The molecule has 1 fully saturated rings. The lowest BCUT2D eigenvalue weighted by Crippen LogP contribution is -2.57. The molecule has 0 spiro atoms. The number of β-amino-alcohol motifs (C(OH)–C–C–N with tert-alkyl or cyclic N) is 1. The number of nitrogens with two attached hydrogens (primary N) is 1. The number of piperidine rings is 1. The molecule has 0 amide bonds. The maximum Gasteiger partial charge on any atom is 0.0974 e. The Morgan fingerprint density at radius 2 is 2.00 bits per heavy atom. The van der Waals surface area contributed by atoms with Gasteiger partial charge in [-0.2, -0.15) is 0 Å². The van der Waals surface area contributed by atoms with Gasteiger partial charge in [-0.1, -0.05) is 0 Å².